The number of benzene rings is 3. The summed E-state index contributed by atoms with van der Waals surface area (Å²) in [6, 6.07) is 19.4. The Morgan fingerprint density at radius 2 is 1.64 bits per heavy atom. The van der Waals surface area contributed by atoms with Gasteiger partial charge in [0.05, 0.1) is 11.1 Å². The molecule has 5 rings (SSSR count). The highest BCUT2D eigenvalue weighted by atomic mass is 16.3. The van der Waals surface area contributed by atoms with Gasteiger partial charge in [-0.3, -0.25) is 9.59 Å². The summed E-state index contributed by atoms with van der Waals surface area (Å²) in [4.78, 5) is 29.3. The summed E-state index contributed by atoms with van der Waals surface area (Å²) < 4.78 is 6.38. The minimum atomic E-state index is -0.343. The summed E-state index contributed by atoms with van der Waals surface area (Å²) >= 11 is 0. The standard InChI is InChI=1S/C30H29N3O3/c1-17-9-11-18(12-10-17)26-24(29(35)31-5)23-16-22(25-21(13-14-32-25)27(23)36-26)19-7-6-8-20(15-19)28(34)33-30(2,3)4/h6-16,32H,1-5H3,(H,31,35)(H,33,34). The minimum absolute atomic E-state index is 0.135. The number of hydrogen-bond donors (Lipinski definition) is 3. The summed E-state index contributed by atoms with van der Waals surface area (Å²) in [5.41, 5.74) is 5.95. The quantitative estimate of drug-likeness (QED) is 0.277. The first kappa shape index (κ1) is 23.4. The van der Waals surface area contributed by atoms with Crippen molar-refractivity contribution in [2.24, 2.45) is 0 Å². The molecule has 0 saturated heterocycles. The summed E-state index contributed by atoms with van der Waals surface area (Å²) in [5.74, 6) is 0.176. The van der Waals surface area contributed by atoms with E-state index in [0.29, 0.717) is 22.5 Å². The first-order valence-electron chi connectivity index (χ1n) is 11.9. The first-order valence-corrected chi connectivity index (χ1v) is 11.9. The minimum Gasteiger partial charge on any atom is -0.454 e. The molecule has 2 heterocycles. The van der Waals surface area contributed by atoms with Crippen LogP contribution in [0.25, 0.3) is 44.3 Å². The van der Waals surface area contributed by atoms with Crippen molar-refractivity contribution in [1.29, 1.82) is 0 Å². The predicted molar refractivity (Wildman–Crippen MR) is 144 cm³/mol. The first-order chi connectivity index (χ1) is 17.2. The summed E-state index contributed by atoms with van der Waals surface area (Å²) in [6.45, 7) is 7.88. The van der Waals surface area contributed by atoms with E-state index < -0.39 is 0 Å². The maximum absolute atomic E-state index is 13.1. The van der Waals surface area contributed by atoms with Gasteiger partial charge in [0.15, 0.2) is 0 Å². The molecule has 0 fully saturated rings. The van der Waals surface area contributed by atoms with Crippen LogP contribution in [0.3, 0.4) is 0 Å². The maximum Gasteiger partial charge on any atom is 0.255 e. The fraction of sp³-hybridized carbons (Fsp3) is 0.200. The molecule has 0 radical (unpaired) electrons. The van der Waals surface area contributed by atoms with Gasteiger partial charge in [-0.1, -0.05) is 42.0 Å². The highest BCUT2D eigenvalue weighted by Gasteiger charge is 2.25. The van der Waals surface area contributed by atoms with Crippen LogP contribution in [-0.4, -0.2) is 29.4 Å². The number of carbonyl (C=O) groups excluding carboxylic acids is 2. The fourth-order valence-corrected chi connectivity index (χ4v) is 4.51. The molecule has 2 aromatic heterocycles. The van der Waals surface area contributed by atoms with Crippen LogP contribution in [0.4, 0.5) is 0 Å². The molecule has 6 heteroatoms. The molecule has 0 aliphatic heterocycles. The molecule has 0 atom stereocenters. The normalized spacial score (nSPS) is 11.7. The highest BCUT2D eigenvalue weighted by molar-refractivity contribution is 6.19. The van der Waals surface area contributed by atoms with Crippen LogP contribution in [0, 0.1) is 6.92 Å². The van der Waals surface area contributed by atoms with Gasteiger partial charge in [0.25, 0.3) is 11.8 Å². The van der Waals surface area contributed by atoms with Crippen molar-refractivity contribution in [2.45, 2.75) is 33.2 Å². The van der Waals surface area contributed by atoms with Crippen molar-refractivity contribution in [3.63, 3.8) is 0 Å². The topological polar surface area (TPSA) is 87.1 Å². The second kappa shape index (κ2) is 8.72. The zero-order valence-electron chi connectivity index (χ0n) is 21.1. The summed E-state index contributed by atoms with van der Waals surface area (Å²) in [6.07, 6.45) is 1.86. The van der Waals surface area contributed by atoms with E-state index in [4.69, 9.17) is 4.42 Å². The number of furan rings is 1. The lowest BCUT2D eigenvalue weighted by Crippen LogP contribution is -2.40. The van der Waals surface area contributed by atoms with E-state index in [9.17, 15) is 9.59 Å². The smallest absolute Gasteiger partial charge is 0.255 e. The van der Waals surface area contributed by atoms with Gasteiger partial charge in [0.2, 0.25) is 0 Å². The summed E-state index contributed by atoms with van der Waals surface area (Å²) in [5, 5.41) is 7.38. The molecule has 6 nitrogen and oxygen atoms in total. The molecule has 0 spiro atoms. The number of aromatic amines is 1. The Hall–Kier alpha value is -4.32. The van der Waals surface area contributed by atoms with Crippen molar-refractivity contribution in [1.82, 2.24) is 15.6 Å². The Balaban J connectivity index is 1.75. The molecule has 3 aromatic carbocycles. The van der Waals surface area contributed by atoms with Crippen LogP contribution in [0.2, 0.25) is 0 Å². The largest absolute Gasteiger partial charge is 0.454 e. The SMILES string of the molecule is CNC(=O)c1c(-c2ccc(C)cc2)oc2c1cc(-c1cccc(C(=O)NC(C)(C)C)c1)c1[nH]ccc12. The number of amides is 2. The zero-order valence-corrected chi connectivity index (χ0v) is 21.1. The maximum atomic E-state index is 13.1. The van der Waals surface area contributed by atoms with Gasteiger partial charge in [-0.2, -0.15) is 0 Å². The van der Waals surface area contributed by atoms with Crippen LogP contribution >= 0.6 is 0 Å². The van der Waals surface area contributed by atoms with Gasteiger partial charge in [0, 0.05) is 46.2 Å². The number of carbonyl (C=O) groups is 2. The zero-order chi connectivity index (χ0) is 25.6. The average Bonchev–Trinajstić information content (AvgIpc) is 3.47. The lowest BCUT2D eigenvalue weighted by molar-refractivity contribution is 0.0918. The third-order valence-corrected chi connectivity index (χ3v) is 6.19. The van der Waals surface area contributed by atoms with Crippen LogP contribution < -0.4 is 10.6 Å². The predicted octanol–water partition coefficient (Wildman–Crippen LogP) is 6.44. The molecule has 0 aliphatic rings. The van der Waals surface area contributed by atoms with E-state index in [-0.39, 0.29) is 17.4 Å². The van der Waals surface area contributed by atoms with Gasteiger partial charge in [-0.25, -0.2) is 0 Å². The Morgan fingerprint density at radius 3 is 2.33 bits per heavy atom. The lowest BCUT2D eigenvalue weighted by atomic mass is 9.96. The number of H-pyrrole nitrogens is 1. The van der Waals surface area contributed by atoms with Crippen LogP contribution in [-0.2, 0) is 0 Å². The highest BCUT2D eigenvalue weighted by Crippen LogP contribution is 2.41. The van der Waals surface area contributed by atoms with Crippen molar-refractivity contribution in [2.75, 3.05) is 7.05 Å². The second-order valence-corrected chi connectivity index (χ2v) is 10.1. The fourth-order valence-electron chi connectivity index (χ4n) is 4.51. The number of fused-ring (bicyclic) bond motifs is 3. The molecule has 36 heavy (non-hydrogen) atoms. The Morgan fingerprint density at radius 1 is 0.889 bits per heavy atom. The molecule has 0 bridgehead atoms. The number of nitrogens with one attached hydrogen (secondary N) is 3. The Labute approximate surface area is 209 Å². The molecular formula is C30H29N3O3. The van der Waals surface area contributed by atoms with E-state index in [1.54, 1.807) is 13.1 Å². The van der Waals surface area contributed by atoms with Crippen molar-refractivity contribution < 1.29 is 14.0 Å². The van der Waals surface area contributed by atoms with Crippen LogP contribution in [0.5, 0.6) is 0 Å². The molecule has 0 unspecified atom stereocenters. The third kappa shape index (κ3) is 4.15. The number of aromatic nitrogens is 1. The second-order valence-electron chi connectivity index (χ2n) is 10.1. The third-order valence-electron chi connectivity index (χ3n) is 6.19. The molecule has 0 saturated carbocycles. The average molecular weight is 480 g/mol. The number of aryl methyl sites for hydroxylation is 1. The molecule has 3 N–H and O–H groups in total. The van der Waals surface area contributed by atoms with E-state index in [2.05, 4.69) is 15.6 Å². The van der Waals surface area contributed by atoms with Gasteiger partial charge >= 0.3 is 0 Å². The van der Waals surface area contributed by atoms with Crippen molar-refractivity contribution in [3.8, 4) is 22.5 Å². The number of rotatable bonds is 4. The van der Waals surface area contributed by atoms with Gasteiger partial charge in [-0.05, 0) is 57.5 Å². The monoisotopic (exact) mass is 479 g/mol. The lowest BCUT2D eigenvalue weighted by Gasteiger charge is -2.20. The molecule has 5 aromatic rings. The Bertz CT molecular complexity index is 1620. The molecule has 0 aliphatic carbocycles. The Kier molecular flexibility index (Phi) is 5.67. The van der Waals surface area contributed by atoms with Crippen LogP contribution in [0.15, 0.2) is 71.3 Å². The molecule has 182 valence electrons. The van der Waals surface area contributed by atoms with E-state index in [0.717, 1.165) is 38.5 Å². The summed E-state index contributed by atoms with van der Waals surface area (Å²) in [7, 11) is 1.62. The number of hydrogen-bond acceptors (Lipinski definition) is 3. The van der Waals surface area contributed by atoms with E-state index in [1.165, 1.54) is 0 Å². The molecular weight excluding hydrogens is 450 g/mol. The van der Waals surface area contributed by atoms with Crippen molar-refractivity contribution in [3.05, 3.63) is 83.6 Å². The van der Waals surface area contributed by atoms with Gasteiger partial charge in [0.1, 0.15) is 11.3 Å². The van der Waals surface area contributed by atoms with Gasteiger partial charge in [-0.15, -0.1) is 0 Å². The van der Waals surface area contributed by atoms with E-state index >= 15 is 0 Å². The van der Waals surface area contributed by atoms with Gasteiger partial charge < -0.3 is 20.0 Å². The van der Waals surface area contributed by atoms with Crippen LogP contribution in [0.1, 0.15) is 47.1 Å². The van der Waals surface area contributed by atoms with Crippen molar-refractivity contribution >= 4 is 33.7 Å². The molecule has 2 amide bonds. The van der Waals surface area contributed by atoms with E-state index in [1.807, 2.05) is 88.5 Å².